The van der Waals surface area contributed by atoms with Gasteiger partial charge in [-0.2, -0.15) is 0 Å². The normalized spacial score (nSPS) is 21.9. The molecule has 3 N–H and O–H groups in total. The van der Waals surface area contributed by atoms with Crippen LogP contribution in [0.5, 0.6) is 0 Å². The van der Waals surface area contributed by atoms with Crippen molar-refractivity contribution in [1.82, 2.24) is 9.47 Å². The third-order valence-corrected chi connectivity index (χ3v) is 7.67. The Balaban J connectivity index is 1.35. The molecule has 4 atom stereocenters. The Hall–Kier alpha value is -4.02. The number of hydrogen-bond acceptors (Lipinski definition) is 5. The second-order valence-electron chi connectivity index (χ2n) is 10.1. The van der Waals surface area contributed by atoms with Crippen molar-refractivity contribution < 1.29 is 23.9 Å². The van der Waals surface area contributed by atoms with Crippen molar-refractivity contribution in [3.05, 3.63) is 88.1 Å². The van der Waals surface area contributed by atoms with Gasteiger partial charge in [-0.05, 0) is 61.2 Å². The van der Waals surface area contributed by atoms with Crippen LogP contribution in [0.2, 0.25) is 5.02 Å². The van der Waals surface area contributed by atoms with E-state index in [1.807, 2.05) is 0 Å². The molecule has 1 saturated heterocycles. The summed E-state index contributed by atoms with van der Waals surface area (Å²) in [6.45, 7) is 0.768. The van der Waals surface area contributed by atoms with E-state index < -0.39 is 35.4 Å². The van der Waals surface area contributed by atoms with Crippen LogP contribution < -0.4 is 16.2 Å². The van der Waals surface area contributed by atoms with E-state index in [1.54, 1.807) is 41.3 Å². The van der Waals surface area contributed by atoms with Crippen molar-refractivity contribution in [2.24, 2.45) is 23.7 Å². The van der Waals surface area contributed by atoms with E-state index in [4.69, 9.17) is 11.6 Å². The first kappa shape index (κ1) is 27.5. The Bertz CT molecular complexity index is 1490. The second kappa shape index (κ2) is 11.6. The summed E-state index contributed by atoms with van der Waals surface area (Å²) in [5.74, 6) is -5.22. The molecular weight excluding hydrogens is 539 g/mol. The number of benzene rings is 2. The Morgan fingerprint density at radius 3 is 2.38 bits per heavy atom. The Kier molecular flexibility index (Phi) is 7.99. The molecule has 2 aromatic carbocycles. The van der Waals surface area contributed by atoms with Crippen molar-refractivity contribution in [3.63, 3.8) is 0 Å². The fourth-order valence-corrected chi connectivity index (χ4v) is 5.39. The van der Waals surface area contributed by atoms with E-state index in [2.05, 4.69) is 10.6 Å². The molecule has 2 heterocycles. The van der Waals surface area contributed by atoms with Crippen LogP contribution in [0.4, 0.5) is 15.8 Å². The molecule has 2 unspecified atom stereocenters. The molecule has 5 rings (SSSR count). The van der Waals surface area contributed by atoms with Gasteiger partial charge in [0.1, 0.15) is 5.82 Å². The van der Waals surface area contributed by atoms with E-state index in [9.17, 15) is 28.7 Å². The highest BCUT2D eigenvalue weighted by atomic mass is 35.5. The molecule has 3 aromatic rings. The Morgan fingerprint density at radius 1 is 0.975 bits per heavy atom. The van der Waals surface area contributed by atoms with Gasteiger partial charge in [0.05, 0.1) is 29.1 Å². The predicted molar refractivity (Wildman–Crippen MR) is 148 cm³/mol. The molecule has 208 valence electrons. The number of likely N-dealkylation sites (tertiary alicyclic amines) is 1. The molecule has 3 amide bonds. The predicted octanol–water partition coefficient (Wildman–Crippen LogP) is 3.30. The zero-order valence-electron chi connectivity index (χ0n) is 21.4. The van der Waals surface area contributed by atoms with Gasteiger partial charge in [0.15, 0.2) is 0 Å². The Morgan fingerprint density at radius 2 is 1.70 bits per heavy atom. The molecule has 1 aliphatic carbocycles. The highest BCUT2D eigenvalue weighted by Gasteiger charge is 2.63. The summed E-state index contributed by atoms with van der Waals surface area (Å²) in [5, 5.41) is 15.3. The van der Waals surface area contributed by atoms with Gasteiger partial charge in [0, 0.05) is 48.7 Å². The van der Waals surface area contributed by atoms with Crippen molar-refractivity contribution in [2.75, 3.05) is 30.3 Å². The van der Waals surface area contributed by atoms with Crippen LogP contribution >= 0.6 is 11.6 Å². The van der Waals surface area contributed by atoms with Crippen LogP contribution in [-0.2, 0) is 14.4 Å². The van der Waals surface area contributed by atoms with Crippen molar-refractivity contribution in [1.29, 1.82) is 0 Å². The van der Waals surface area contributed by atoms with E-state index in [-0.39, 0.29) is 35.4 Å². The summed E-state index contributed by atoms with van der Waals surface area (Å²) in [7, 11) is 0. The third kappa shape index (κ3) is 5.78. The number of amides is 3. The van der Waals surface area contributed by atoms with Crippen molar-refractivity contribution in [2.45, 2.75) is 12.8 Å². The molecule has 0 bridgehead atoms. The second-order valence-corrected chi connectivity index (χ2v) is 10.5. The Labute approximate surface area is 234 Å². The smallest absolute Gasteiger partial charge is 0.255 e. The lowest BCUT2D eigenvalue weighted by Crippen LogP contribution is -2.42. The number of hydrogen-bond donors (Lipinski definition) is 3. The van der Waals surface area contributed by atoms with Gasteiger partial charge in [0.2, 0.25) is 17.7 Å². The quantitative estimate of drug-likeness (QED) is 0.405. The van der Waals surface area contributed by atoms with Crippen LogP contribution in [0, 0.1) is 29.5 Å². The number of carbonyl (C=O) groups excluding carboxylic acids is 3. The summed E-state index contributed by atoms with van der Waals surface area (Å²) in [6.07, 6.45) is 3.01. The average Bonchev–Trinajstić information content (AvgIpc) is 3.71. The maximum Gasteiger partial charge on any atom is 0.255 e. The largest absolute Gasteiger partial charge is 0.396 e. The van der Waals surface area contributed by atoms with Crippen molar-refractivity contribution in [3.8, 4) is 5.69 Å². The van der Waals surface area contributed by atoms with Gasteiger partial charge in [0.25, 0.3) is 5.56 Å². The number of piperidine rings is 1. The minimum atomic E-state index is -1.01. The molecule has 2 fully saturated rings. The number of nitrogens with zero attached hydrogens (tertiary/aromatic N) is 2. The molecule has 1 aromatic heterocycles. The number of aliphatic hydroxyl groups is 1. The van der Waals surface area contributed by atoms with Crippen LogP contribution in [-0.4, -0.2) is 52.0 Å². The van der Waals surface area contributed by atoms with Gasteiger partial charge < -0.3 is 20.6 Å². The lowest BCUT2D eigenvalue weighted by atomic mass is 9.98. The lowest BCUT2D eigenvalue weighted by Gasteiger charge is -2.32. The van der Waals surface area contributed by atoms with Gasteiger partial charge >= 0.3 is 0 Å². The molecule has 9 nitrogen and oxygen atoms in total. The number of nitrogens with one attached hydrogen (secondary N) is 2. The van der Waals surface area contributed by atoms with Crippen LogP contribution in [0.3, 0.4) is 0 Å². The molecular formula is C29H28ClFN4O5. The van der Waals surface area contributed by atoms with E-state index in [1.165, 1.54) is 29.0 Å². The number of aliphatic hydroxyl groups excluding tert-OH is 1. The number of rotatable bonds is 7. The number of pyridine rings is 1. The third-order valence-electron chi connectivity index (χ3n) is 7.42. The SMILES string of the molecule is O=C(Nc1ccc(-n2ccccc2=O)cc1F)[C@@H]1C(C(=O)N2CCCC(CO)C2)[C@@H]1C(=O)Nc1ccc(Cl)cc1. The number of aromatic nitrogens is 1. The topological polar surface area (TPSA) is 121 Å². The first-order chi connectivity index (χ1) is 19.3. The molecule has 0 spiro atoms. The summed E-state index contributed by atoms with van der Waals surface area (Å²) >= 11 is 5.92. The number of halogens is 2. The number of carbonyl (C=O) groups is 3. The highest BCUT2D eigenvalue weighted by Crippen LogP contribution is 2.49. The minimum absolute atomic E-state index is 0.0524. The van der Waals surface area contributed by atoms with Crippen LogP contribution in [0.1, 0.15) is 12.8 Å². The highest BCUT2D eigenvalue weighted by molar-refractivity contribution is 6.30. The van der Waals surface area contributed by atoms with Gasteiger partial charge in [-0.1, -0.05) is 17.7 Å². The van der Waals surface area contributed by atoms with Gasteiger partial charge in [-0.3, -0.25) is 23.7 Å². The maximum atomic E-state index is 15.0. The summed E-state index contributed by atoms with van der Waals surface area (Å²) in [6, 6.07) is 14.9. The zero-order chi connectivity index (χ0) is 28.4. The minimum Gasteiger partial charge on any atom is -0.396 e. The molecule has 1 saturated carbocycles. The zero-order valence-corrected chi connectivity index (χ0v) is 22.2. The monoisotopic (exact) mass is 566 g/mol. The van der Waals surface area contributed by atoms with Crippen LogP contribution in [0.25, 0.3) is 5.69 Å². The fraction of sp³-hybridized carbons (Fsp3) is 0.310. The van der Waals surface area contributed by atoms with E-state index >= 15 is 0 Å². The maximum absolute atomic E-state index is 15.0. The summed E-state index contributed by atoms with van der Waals surface area (Å²) in [4.78, 5) is 53.7. The molecule has 0 radical (unpaired) electrons. The average molecular weight is 567 g/mol. The first-order valence-corrected chi connectivity index (χ1v) is 13.4. The summed E-state index contributed by atoms with van der Waals surface area (Å²) in [5.41, 5.74) is 0.270. The van der Waals surface area contributed by atoms with Gasteiger partial charge in [-0.25, -0.2) is 4.39 Å². The number of anilines is 2. The van der Waals surface area contributed by atoms with Crippen LogP contribution in [0.15, 0.2) is 71.7 Å². The molecule has 2 aliphatic rings. The van der Waals surface area contributed by atoms with E-state index in [0.29, 0.717) is 30.2 Å². The van der Waals surface area contributed by atoms with Crippen molar-refractivity contribution >= 4 is 40.7 Å². The van der Waals surface area contributed by atoms with Gasteiger partial charge in [-0.15, -0.1) is 0 Å². The fourth-order valence-electron chi connectivity index (χ4n) is 5.27. The standard InChI is InChI=1S/C29H28ClFN4O5/c30-18-6-8-19(9-7-18)32-27(38)24-25(26(24)29(40)34-12-3-4-17(15-34)16-36)28(39)33-22-11-10-20(14-21(22)31)35-13-2-1-5-23(35)37/h1-2,5-11,13-14,17,24-26,36H,3-4,12,15-16H2,(H,32,38)(H,33,39)/t17?,24-,25+,26?/m1/s1. The molecule has 11 heteroatoms. The first-order valence-electron chi connectivity index (χ1n) is 13.0. The lowest BCUT2D eigenvalue weighted by molar-refractivity contribution is -0.136. The molecule has 1 aliphatic heterocycles. The van der Waals surface area contributed by atoms with E-state index in [0.717, 1.165) is 12.5 Å². The molecule has 40 heavy (non-hydrogen) atoms. The summed E-state index contributed by atoms with van der Waals surface area (Å²) < 4.78 is 16.3.